The summed E-state index contributed by atoms with van der Waals surface area (Å²) in [6.45, 7) is 0. The number of aliphatic hydroxyl groups is 3. The van der Waals surface area contributed by atoms with Crippen LogP contribution in [0, 0.1) is 23.7 Å². The fraction of sp³-hybridized carbons (Fsp3) is 0.542. The van der Waals surface area contributed by atoms with Gasteiger partial charge in [0.2, 0.25) is 0 Å². The highest BCUT2D eigenvalue weighted by Crippen LogP contribution is 2.37. The van der Waals surface area contributed by atoms with E-state index in [2.05, 4.69) is 11.8 Å². The van der Waals surface area contributed by atoms with Gasteiger partial charge in [0.1, 0.15) is 11.9 Å². The van der Waals surface area contributed by atoms with Crippen LogP contribution >= 0.6 is 0 Å². The number of unbranched alkanes of at least 4 members (excludes halogenated alkanes) is 3. The molecule has 1 aromatic rings. The van der Waals surface area contributed by atoms with Gasteiger partial charge in [-0.05, 0) is 43.0 Å². The quantitative estimate of drug-likeness (QED) is 0.265. The van der Waals surface area contributed by atoms with Crippen LogP contribution in [-0.4, -0.2) is 51.8 Å². The Morgan fingerprint density at radius 3 is 2.73 bits per heavy atom. The lowest BCUT2D eigenvalue weighted by atomic mass is 9.88. The number of carboxylic acid groups (broad SMARTS) is 1. The van der Waals surface area contributed by atoms with E-state index >= 15 is 0 Å². The van der Waals surface area contributed by atoms with E-state index in [1.165, 1.54) is 0 Å². The monoisotopic (exact) mass is 416 g/mol. The Hall–Kier alpha value is -2.33. The van der Waals surface area contributed by atoms with Gasteiger partial charge in [0.05, 0.1) is 19.3 Å². The average Bonchev–Trinajstić information content (AvgIpc) is 2.99. The number of hydrogen-bond donors (Lipinski definition) is 4. The molecule has 0 spiro atoms. The van der Waals surface area contributed by atoms with Gasteiger partial charge in [-0.1, -0.05) is 43.2 Å². The van der Waals surface area contributed by atoms with Crippen molar-refractivity contribution in [3.8, 4) is 17.6 Å². The maximum absolute atomic E-state index is 10.5. The van der Waals surface area contributed by atoms with Crippen molar-refractivity contribution in [2.75, 3.05) is 7.11 Å². The molecule has 2 rings (SSSR count). The Morgan fingerprint density at radius 1 is 1.23 bits per heavy atom. The summed E-state index contributed by atoms with van der Waals surface area (Å²) >= 11 is 0. The van der Waals surface area contributed by atoms with E-state index in [9.17, 15) is 20.1 Å². The second-order valence-corrected chi connectivity index (χ2v) is 7.79. The minimum Gasteiger partial charge on any atom is -0.497 e. The van der Waals surface area contributed by atoms with Crippen molar-refractivity contribution < 1.29 is 30.0 Å². The summed E-state index contributed by atoms with van der Waals surface area (Å²) < 4.78 is 5.15. The molecule has 6 nitrogen and oxygen atoms in total. The van der Waals surface area contributed by atoms with Gasteiger partial charge in [-0.25, -0.2) is 0 Å². The molecule has 30 heavy (non-hydrogen) atoms. The van der Waals surface area contributed by atoms with Crippen molar-refractivity contribution >= 4 is 5.97 Å². The van der Waals surface area contributed by atoms with E-state index in [1.807, 2.05) is 18.2 Å². The van der Waals surface area contributed by atoms with Gasteiger partial charge in [-0.15, -0.1) is 0 Å². The van der Waals surface area contributed by atoms with Crippen LogP contribution in [0.5, 0.6) is 5.75 Å². The zero-order chi connectivity index (χ0) is 21.9. The number of ether oxygens (including phenoxy) is 1. The highest BCUT2D eigenvalue weighted by molar-refractivity contribution is 5.66. The molecule has 6 heteroatoms. The Balaban J connectivity index is 1.88. The van der Waals surface area contributed by atoms with Crippen molar-refractivity contribution in [3.63, 3.8) is 0 Å². The number of aliphatic carboxylic acids is 1. The second kappa shape index (κ2) is 12.4. The largest absolute Gasteiger partial charge is 0.497 e. The first-order valence-electron chi connectivity index (χ1n) is 10.5. The van der Waals surface area contributed by atoms with E-state index < -0.39 is 24.3 Å². The number of carboxylic acids is 1. The third-order valence-corrected chi connectivity index (χ3v) is 5.54. The molecule has 0 saturated heterocycles. The summed E-state index contributed by atoms with van der Waals surface area (Å²) in [7, 11) is 1.58. The van der Waals surface area contributed by atoms with Crippen molar-refractivity contribution in [1.29, 1.82) is 0 Å². The molecule has 164 valence electrons. The summed E-state index contributed by atoms with van der Waals surface area (Å²) in [5, 5.41) is 39.4. The first-order valence-corrected chi connectivity index (χ1v) is 10.5. The Bertz CT molecular complexity index is 762. The third kappa shape index (κ3) is 7.83. The summed E-state index contributed by atoms with van der Waals surface area (Å²) in [6, 6.07) is 7.26. The van der Waals surface area contributed by atoms with Crippen molar-refractivity contribution in [1.82, 2.24) is 0 Å². The standard InChI is InChI=1S/C24H32O6/c1-30-19-8-6-7-17(15-19)11-12-18(25)13-14-21-20(22(26)16-23(21)27)9-4-2-3-5-10-24(28)29/h6-8,13-15,18,20-23,25-27H,2-5,9-10,16H2,1H3,(H,28,29)/t18?,20-,21-,22+,23-/m1/s1. The number of benzene rings is 1. The maximum atomic E-state index is 10.5. The highest BCUT2D eigenvalue weighted by Gasteiger charge is 2.39. The molecular weight excluding hydrogens is 384 g/mol. The minimum atomic E-state index is -0.974. The number of hydrogen-bond acceptors (Lipinski definition) is 5. The lowest BCUT2D eigenvalue weighted by Gasteiger charge is -2.20. The second-order valence-electron chi connectivity index (χ2n) is 7.79. The normalized spacial score (nSPS) is 24.4. The third-order valence-electron chi connectivity index (χ3n) is 5.54. The molecule has 0 bridgehead atoms. The van der Waals surface area contributed by atoms with Crippen LogP contribution in [0.15, 0.2) is 36.4 Å². The molecule has 1 aliphatic rings. The molecule has 0 amide bonds. The first-order chi connectivity index (χ1) is 14.4. The van der Waals surface area contributed by atoms with Crippen molar-refractivity contribution in [2.24, 2.45) is 11.8 Å². The van der Waals surface area contributed by atoms with E-state index in [0.29, 0.717) is 18.6 Å². The van der Waals surface area contributed by atoms with Crippen LogP contribution in [0.3, 0.4) is 0 Å². The van der Waals surface area contributed by atoms with Crippen LogP contribution in [-0.2, 0) is 4.79 Å². The summed E-state index contributed by atoms with van der Waals surface area (Å²) in [5.41, 5.74) is 0.735. The van der Waals surface area contributed by atoms with Crippen LogP contribution < -0.4 is 4.74 Å². The van der Waals surface area contributed by atoms with Crippen molar-refractivity contribution in [3.05, 3.63) is 42.0 Å². The van der Waals surface area contributed by atoms with Gasteiger partial charge >= 0.3 is 5.97 Å². The van der Waals surface area contributed by atoms with Gasteiger partial charge in [-0.2, -0.15) is 0 Å². The highest BCUT2D eigenvalue weighted by atomic mass is 16.5. The molecule has 0 heterocycles. The SMILES string of the molecule is COc1cccc(C#CC(O)C=C[C@@H]2[C@@H](CCCCCCC(=O)O)[C@@H](O)C[C@H]2O)c1. The van der Waals surface area contributed by atoms with Crippen molar-refractivity contribution in [2.45, 2.75) is 63.3 Å². The van der Waals surface area contributed by atoms with E-state index in [-0.39, 0.29) is 18.3 Å². The van der Waals surface area contributed by atoms with Gasteiger partial charge in [0.15, 0.2) is 0 Å². The van der Waals surface area contributed by atoms with E-state index in [0.717, 1.165) is 31.2 Å². The zero-order valence-corrected chi connectivity index (χ0v) is 17.4. The van der Waals surface area contributed by atoms with Crippen LogP contribution in [0.2, 0.25) is 0 Å². The fourth-order valence-electron chi connectivity index (χ4n) is 3.93. The average molecular weight is 417 g/mol. The van der Waals surface area contributed by atoms with E-state index in [4.69, 9.17) is 9.84 Å². The molecule has 4 N–H and O–H groups in total. The fourth-order valence-corrected chi connectivity index (χ4v) is 3.93. The molecular formula is C24H32O6. The summed E-state index contributed by atoms with van der Waals surface area (Å²) in [4.78, 5) is 10.5. The van der Waals surface area contributed by atoms with Crippen LogP contribution in [0.4, 0.5) is 0 Å². The lowest BCUT2D eigenvalue weighted by Crippen LogP contribution is -2.21. The summed E-state index contributed by atoms with van der Waals surface area (Å²) in [5.74, 6) is 5.28. The topological polar surface area (TPSA) is 107 Å². The van der Waals surface area contributed by atoms with Gasteiger partial charge < -0.3 is 25.2 Å². The number of aliphatic hydroxyl groups excluding tert-OH is 3. The predicted molar refractivity (Wildman–Crippen MR) is 114 cm³/mol. The lowest BCUT2D eigenvalue weighted by molar-refractivity contribution is -0.137. The molecule has 0 aromatic heterocycles. The molecule has 1 saturated carbocycles. The number of methoxy groups -OCH3 is 1. The van der Waals surface area contributed by atoms with Gasteiger partial charge in [0, 0.05) is 24.3 Å². The van der Waals surface area contributed by atoms with Gasteiger partial charge in [0.25, 0.3) is 0 Å². The molecule has 0 aliphatic heterocycles. The summed E-state index contributed by atoms with van der Waals surface area (Å²) in [6.07, 6.45) is 5.68. The van der Waals surface area contributed by atoms with Crippen LogP contribution in [0.25, 0.3) is 0 Å². The zero-order valence-electron chi connectivity index (χ0n) is 17.4. The Labute approximate surface area is 178 Å². The molecule has 5 atom stereocenters. The number of rotatable bonds is 10. The first kappa shape index (κ1) is 23.9. The Kier molecular flexibility index (Phi) is 9.88. The molecule has 1 aliphatic carbocycles. The van der Waals surface area contributed by atoms with E-state index in [1.54, 1.807) is 25.3 Å². The van der Waals surface area contributed by atoms with Crippen LogP contribution in [0.1, 0.15) is 50.5 Å². The molecule has 1 aromatic carbocycles. The Morgan fingerprint density at radius 2 is 2.00 bits per heavy atom. The van der Waals surface area contributed by atoms with Gasteiger partial charge in [-0.3, -0.25) is 4.79 Å². The minimum absolute atomic E-state index is 0.0748. The molecule has 0 radical (unpaired) electrons. The molecule has 1 fully saturated rings. The molecule has 1 unspecified atom stereocenters. The smallest absolute Gasteiger partial charge is 0.303 e. The number of carbonyl (C=O) groups is 1. The maximum Gasteiger partial charge on any atom is 0.303 e. The predicted octanol–water partition coefficient (Wildman–Crippen LogP) is 2.75.